The van der Waals surface area contributed by atoms with Crippen LogP contribution in [0.1, 0.15) is 89.0 Å². The molecule has 0 saturated heterocycles. The molecule has 0 unspecified atom stereocenters. The lowest BCUT2D eigenvalue weighted by atomic mass is 10.0. The van der Waals surface area contributed by atoms with Crippen molar-refractivity contribution in [2.24, 2.45) is 0 Å². The first-order valence-electron chi connectivity index (χ1n) is 9.97. The number of hydrogen-bond acceptors (Lipinski definition) is 6. The van der Waals surface area contributed by atoms with Gasteiger partial charge in [0.25, 0.3) is 5.91 Å². The summed E-state index contributed by atoms with van der Waals surface area (Å²) >= 11 is 1.02. The van der Waals surface area contributed by atoms with Crippen molar-refractivity contribution in [2.45, 2.75) is 66.6 Å². The Morgan fingerprint density at radius 1 is 0.867 bits per heavy atom. The van der Waals surface area contributed by atoms with Crippen LogP contribution in [0.4, 0.5) is 5.00 Å². The number of anilines is 1. The molecule has 0 atom stereocenters. The SMILES string of the molecule is Cc1c(C(=O)OC(C)C)sc(NC(=O)c2ccc(C(C)C)cc2)c1C(=O)OC(C)C. The molecule has 1 heterocycles. The van der Waals surface area contributed by atoms with E-state index < -0.39 is 11.9 Å². The van der Waals surface area contributed by atoms with Gasteiger partial charge >= 0.3 is 11.9 Å². The second-order valence-electron chi connectivity index (χ2n) is 7.90. The molecular formula is C23H29NO5S. The Morgan fingerprint density at radius 3 is 1.90 bits per heavy atom. The van der Waals surface area contributed by atoms with Crippen LogP contribution in [0.25, 0.3) is 0 Å². The Labute approximate surface area is 181 Å². The first-order chi connectivity index (χ1) is 14.0. The van der Waals surface area contributed by atoms with Gasteiger partial charge in [0.1, 0.15) is 9.88 Å². The van der Waals surface area contributed by atoms with Gasteiger partial charge in [-0.05, 0) is 63.8 Å². The number of rotatable bonds is 7. The molecule has 0 spiro atoms. The Bertz CT molecular complexity index is 926. The lowest BCUT2D eigenvalue weighted by Gasteiger charge is -2.11. The minimum Gasteiger partial charge on any atom is -0.459 e. The number of carbonyl (C=O) groups is 3. The van der Waals surface area contributed by atoms with Crippen LogP contribution >= 0.6 is 11.3 Å². The Balaban J connectivity index is 2.39. The van der Waals surface area contributed by atoms with Gasteiger partial charge in [-0.1, -0.05) is 26.0 Å². The summed E-state index contributed by atoms with van der Waals surface area (Å²) in [6, 6.07) is 7.29. The number of benzene rings is 1. The van der Waals surface area contributed by atoms with Crippen LogP contribution in [0.5, 0.6) is 0 Å². The molecule has 0 aliphatic rings. The molecule has 1 aromatic heterocycles. The van der Waals surface area contributed by atoms with E-state index in [0.717, 1.165) is 16.9 Å². The average molecular weight is 432 g/mol. The number of carbonyl (C=O) groups excluding carboxylic acids is 3. The van der Waals surface area contributed by atoms with Gasteiger partial charge in [0.05, 0.1) is 17.8 Å². The standard InChI is InChI=1S/C23H29NO5S/c1-12(2)16-8-10-17(11-9-16)20(25)24-21-18(22(26)28-13(3)4)15(7)19(30-21)23(27)29-14(5)6/h8-14H,1-7H3,(H,24,25). The van der Waals surface area contributed by atoms with Gasteiger partial charge in [-0.15, -0.1) is 11.3 Å². The molecule has 162 valence electrons. The predicted molar refractivity (Wildman–Crippen MR) is 119 cm³/mol. The molecule has 2 aromatic rings. The highest BCUT2D eigenvalue weighted by Gasteiger charge is 2.28. The van der Waals surface area contributed by atoms with E-state index in [4.69, 9.17) is 9.47 Å². The summed E-state index contributed by atoms with van der Waals surface area (Å²) in [5.74, 6) is -1.14. The maximum absolute atomic E-state index is 12.8. The normalized spacial score (nSPS) is 11.1. The molecule has 0 aliphatic carbocycles. The summed E-state index contributed by atoms with van der Waals surface area (Å²) in [5, 5.41) is 3.04. The number of amides is 1. The van der Waals surface area contributed by atoms with Crippen LogP contribution in [0.2, 0.25) is 0 Å². The van der Waals surface area contributed by atoms with E-state index in [-0.39, 0.29) is 33.6 Å². The Hall–Kier alpha value is -2.67. The largest absolute Gasteiger partial charge is 0.459 e. The van der Waals surface area contributed by atoms with Crippen molar-refractivity contribution in [3.8, 4) is 0 Å². The molecule has 30 heavy (non-hydrogen) atoms. The molecule has 1 N–H and O–H groups in total. The van der Waals surface area contributed by atoms with E-state index in [1.165, 1.54) is 0 Å². The molecule has 0 fully saturated rings. The van der Waals surface area contributed by atoms with Crippen LogP contribution in [0.3, 0.4) is 0 Å². The van der Waals surface area contributed by atoms with Crippen molar-refractivity contribution < 1.29 is 23.9 Å². The third-order valence-electron chi connectivity index (χ3n) is 4.29. The maximum Gasteiger partial charge on any atom is 0.348 e. The summed E-state index contributed by atoms with van der Waals surface area (Å²) < 4.78 is 10.6. The quantitative estimate of drug-likeness (QED) is 0.580. The van der Waals surface area contributed by atoms with Gasteiger partial charge < -0.3 is 14.8 Å². The van der Waals surface area contributed by atoms with Crippen LogP contribution < -0.4 is 5.32 Å². The average Bonchev–Trinajstić information content (AvgIpc) is 2.96. The molecule has 6 nitrogen and oxygen atoms in total. The molecule has 0 radical (unpaired) electrons. The smallest absolute Gasteiger partial charge is 0.348 e. The lowest BCUT2D eigenvalue weighted by molar-refractivity contribution is 0.0378. The number of thiophene rings is 1. The monoisotopic (exact) mass is 431 g/mol. The van der Waals surface area contributed by atoms with Gasteiger partial charge in [-0.25, -0.2) is 9.59 Å². The highest BCUT2D eigenvalue weighted by molar-refractivity contribution is 7.18. The zero-order valence-electron chi connectivity index (χ0n) is 18.5. The van der Waals surface area contributed by atoms with E-state index in [2.05, 4.69) is 19.2 Å². The first kappa shape index (κ1) is 23.6. The Morgan fingerprint density at radius 2 is 1.40 bits per heavy atom. The highest BCUT2D eigenvalue weighted by Crippen LogP contribution is 2.35. The van der Waals surface area contributed by atoms with Crippen molar-refractivity contribution >= 4 is 34.2 Å². The fourth-order valence-electron chi connectivity index (χ4n) is 2.78. The van der Waals surface area contributed by atoms with E-state index in [9.17, 15) is 14.4 Å². The van der Waals surface area contributed by atoms with E-state index in [1.807, 2.05) is 12.1 Å². The second-order valence-corrected chi connectivity index (χ2v) is 8.92. The van der Waals surface area contributed by atoms with E-state index in [1.54, 1.807) is 46.8 Å². The Kier molecular flexibility index (Phi) is 7.78. The zero-order valence-corrected chi connectivity index (χ0v) is 19.3. The highest BCUT2D eigenvalue weighted by atomic mass is 32.1. The van der Waals surface area contributed by atoms with Crippen LogP contribution in [0.15, 0.2) is 24.3 Å². The number of hydrogen-bond donors (Lipinski definition) is 1. The minimum absolute atomic E-state index is 0.177. The molecule has 1 amide bonds. The van der Waals surface area contributed by atoms with Crippen LogP contribution in [0, 0.1) is 6.92 Å². The first-order valence-corrected chi connectivity index (χ1v) is 10.8. The fraction of sp³-hybridized carbons (Fsp3) is 0.435. The molecular weight excluding hydrogens is 402 g/mol. The third-order valence-corrected chi connectivity index (χ3v) is 5.48. The molecule has 0 aliphatic heterocycles. The van der Waals surface area contributed by atoms with Gasteiger partial charge in [0, 0.05) is 5.56 Å². The molecule has 2 rings (SSSR count). The van der Waals surface area contributed by atoms with Crippen molar-refractivity contribution in [3.63, 3.8) is 0 Å². The number of ether oxygens (including phenoxy) is 2. The summed E-state index contributed by atoms with van der Waals surface area (Å²) in [5.41, 5.74) is 2.19. The van der Waals surface area contributed by atoms with Crippen molar-refractivity contribution in [1.29, 1.82) is 0 Å². The summed E-state index contributed by atoms with van der Waals surface area (Å²) in [6.45, 7) is 12.8. The summed E-state index contributed by atoms with van der Waals surface area (Å²) in [4.78, 5) is 38.2. The van der Waals surface area contributed by atoms with Crippen LogP contribution in [-0.4, -0.2) is 30.1 Å². The van der Waals surface area contributed by atoms with Crippen molar-refractivity contribution in [2.75, 3.05) is 5.32 Å². The molecule has 7 heteroatoms. The van der Waals surface area contributed by atoms with Gasteiger partial charge in [0.2, 0.25) is 0 Å². The van der Waals surface area contributed by atoms with Gasteiger partial charge in [-0.3, -0.25) is 4.79 Å². The van der Waals surface area contributed by atoms with E-state index >= 15 is 0 Å². The van der Waals surface area contributed by atoms with Crippen molar-refractivity contribution in [3.05, 3.63) is 51.4 Å². The third kappa shape index (κ3) is 5.69. The predicted octanol–water partition coefficient (Wildman–Crippen LogP) is 5.56. The number of nitrogens with one attached hydrogen (secondary N) is 1. The summed E-state index contributed by atoms with van der Waals surface area (Å²) in [6.07, 6.45) is -0.641. The number of esters is 2. The second kappa shape index (κ2) is 9.89. The van der Waals surface area contributed by atoms with E-state index in [0.29, 0.717) is 17.0 Å². The zero-order chi connectivity index (χ0) is 22.6. The van der Waals surface area contributed by atoms with Crippen molar-refractivity contribution in [1.82, 2.24) is 0 Å². The van der Waals surface area contributed by atoms with Gasteiger partial charge in [-0.2, -0.15) is 0 Å². The summed E-state index contributed by atoms with van der Waals surface area (Å²) in [7, 11) is 0. The topological polar surface area (TPSA) is 81.7 Å². The maximum atomic E-state index is 12.8. The molecule has 0 saturated carbocycles. The lowest BCUT2D eigenvalue weighted by Crippen LogP contribution is -2.17. The molecule has 0 bridgehead atoms. The minimum atomic E-state index is -0.590. The van der Waals surface area contributed by atoms with Gasteiger partial charge in [0.15, 0.2) is 0 Å². The van der Waals surface area contributed by atoms with Crippen LogP contribution in [-0.2, 0) is 9.47 Å². The molecule has 1 aromatic carbocycles. The fourth-order valence-corrected chi connectivity index (χ4v) is 3.85.